The van der Waals surface area contributed by atoms with Crippen molar-refractivity contribution >= 4 is 6.03 Å². The second-order valence-corrected chi connectivity index (χ2v) is 6.39. The summed E-state index contributed by atoms with van der Waals surface area (Å²) in [6.45, 7) is 9.72. The van der Waals surface area contributed by atoms with Crippen LogP contribution in [-0.4, -0.2) is 33.9 Å². The van der Waals surface area contributed by atoms with E-state index < -0.39 is 0 Å². The number of urea groups is 1. The fourth-order valence-electron chi connectivity index (χ4n) is 2.09. The van der Waals surface area contributed by atoms with E-state index in [1.165, 1.54) is 0 Å². The third-order valence-corrected chi connectivity index (χ3v) is 2.98. The summed E-state index contributed by atoms with van der Waals surface area (Å²) in [6, 6.07) is -0.932. The number of carbonyl (C=O) groups is 1. The minimum absolute atomic E-state index is 0.0234. The van der Waals surface area contributed by atoms with Crippen LogP contribution in [0.3, 0.4) is 0 Å². The SMILES string of the molecule is CCC(NC(=O)NC(CO)CC(C)(C)C)c1noc(C)n1. The molecule has 0 fully saturated rings. The lowest BCUT2D eigenvalue weighted by Crippen LogP contribution is -2.46. The Balaban J connectivity index is 2.58. The molecule has 0 radical (unpaired) electrons. The van der Waals surface area contributed by atoms with Gasteiger partial charge in [-0.3, -0.25) is 0 Å². The zero-order chi connectivity index (χ0) is 16.0. The van der Waals surface area contributed by atoms with Crippen molar-refractivity contribution in [1.82, 2.24) is 20.8 Å². The number of nitrogens with zero attached hydrogens (tertiary/aromatic N) is 2. The average molecular weight is 298 g/mol. The zero-order valence-electron chi connectivity index (χ0n) is 13.4. The second-order valence-electron chi connectivity index (χ2n) is 6.39. The highest BCUT2D eigenvalue weighted by atomic mass is 16.5. The van der Waals surface area contributed by atoms with Crippen molar-refractivity contribution in [2.24, 2.45) is 5.41 Å². The Bertz CT molecular complexity index is 453. The molecule has 120 valence electrons. The van der Waals surface area contributed by atoms with Crippen molar-refractivity contribution < 1.29 is 14.4 Å². The molecule has 0 saturated heterocycles. The molecule has 21 heavy (non-hydrogen) atoms. The first-order chi connectivity index (χ1) is 9.75. The highest BCUT2D eigenvalue weighted by Crippen LogP contribution is 2.20. The van der Waals surface area contributed by atoms with Crippen molar-refractivity contribution in [2.45, 2.75) is 59.5 Å². The van der Waals surface area contributed by atoms with Crippen LogP contribution in [0.2, 0.25) is 0 Å². The maximum Gasteiger partial charge on any atom is 0.315 e. The van der Waals surface area contributed by atoms with Gasteiger partial charge in [0, 0.05) is 6.92 Å². The molecule has 3 N–H and O–H groups in total. The van der Waals surface area contributed by atoms with Gasteiger partial charge in [0.15, 0.2) is 5.82 Å². The van der Waals surface area contributed by atoms with E-state index in [1.54, 1.807) is 6.92 Å². The molecule has 1 rings (SSSR count). The molecule has 0 saturated carbocycles. The number of amides is 2. The smallest absolute Gasteiger partial charge is 0.315 e. The summed E-state index contributed by atoms with van der Waals surface area (Å²) in [7, 11) is 0. The van der Waals surface area contributed by atoms with Crippen LogP contribution in [0.4, 0.5) is 4.79 Å². The van der Waals surface area contributed by atoms with E-state index in [4.69, 9.17) is 4.52 Å². The van der Waals surface area contributed by atoms with Crippen LogP contribution in [-0.2, 0) is 0 Å². The summed E-state index contributed by atoms with van der Waals surface area (Å²) in [4.78, 5) is 16.2. The molecule has 1 aromatic rings. The van der Waals surface area contributed by atoms with Crippen LogP contribution in [0.1, 0.15) is 58.3 Å². The average Bonchev–Trinajstić information content (AvgIpc) is 2.80. The quantitative estimate of drug-likeness (QED) is 0.745. The zero-order valence-corrected chi connectivity index (χ0v) is 13.4. The van der Waals surface area contributed by atoms with E-state index in [0.717, 1.165) is 0 Å². The van der Waals surface area contributed by atoms with Gasteiger partial charge in [0.2, 0.25) is 5.89 Å². The number of aryl methyl sites for hydroxylation is 1. The Morgan fingerprint density at radius 1 is 1.38 bits per heavy atom. The number of carbonyl (C=O) groups excluding carboxylic acids is 1. The molecule has 0 aliphatic carbocycles. The Hall–Kier alpha value is -1.63. The molecular formula is C14H26N4O3. The lowest BCUT2D eigenvalue weighted by atomic mass is 9.88. The number of hydrogen-bond donors (Lipinski definition) is 3. The molecular weight excluding hydrogens is 272 g/mol. The topological polar surface area (TPSA) is 100 Å². The standard InChI is InChI=1S/C14H26N4O3/c1-6-11(12-15-9(2)21-18-12)17-13(20)16-10(8-19)7-14(3,4)5/h10-11,19H,6-8H2,1-5H3,(H2,16,17,20). The van der Waals surface area contributed by atoms with Crippen molar-refractivity contribution in [1.29, 1.82) is 0 Å². The van der Waals surface area contributed by atoms with Gasteiger partial charge in [-0.05, 0) is 18.3 Å². The first-order valence-corrected chi connectivity index (χ1v) is 7.23. The van der Waals surface area contributed by atoms with E-state index >= 15 is 0 Å². The largest absolute Gasteiger partial charge is 0.394 e. The number of hydrogen-bond acceptors (Lipinski definition) is 5. The fraction of sp³-hybridized carbons (Fsp3) is 0.786. The molecule has 2 amide bonds. The van der Waals surface area contributed by atoms with Crippen LogP contribution in [0.5, 0.6) is 0 Å². The summed E-state index contributed by atoms with van der Waals surface area (Å²) < 4.78 is 4.92. The normalized spacial score (nSPS) is 14.6. The number of aliphatic hydroxyl groups is 1. The summed E-state index contributed by atoms with van der Waals surface area (Å²) in [5.74, 6) is 0.924. The van der Waals surface area contributed by atoms with Gasteiger partial charge in [-0.15, -0.1) is 0 Å². The van der Waals surface area contributed by atoms with Gasteiger partial charge in [-0.25, -0.2) is 4.79 Å². The van der Waals surface area contributed by atoms with Gasteiger partial charge in [0.1, 0.15) is 0 Å². The van der Waals surface area contributed by atoms with Crippen LogP contribution >= 0.6 is 0 Å². The Labute approximate surface area is 125 Å². The van der Waals surface area contributed by atoms with Crippen molar-refractivity contribution in [3.63, 3.8) is 0 Å². The van der Waals surface area contributed by atoms with Crippen molar-refractivity contribution in [2.75, 3.05) is 6.61 Å². The van der Waals surface area contributed by atoms with Crippen LogP contribution in [0.25, 0.3) is 0 Å². The molecule has 0 aromatic carbocycles. The maximum absolute atomic E-state index is 12.0. The predicted molar refractivity (Wildman–Crippen MR) is 78.7 cm³/mol. The van der Waals surface area contributed by atoms with Gasteiger partial charge >= 0.3 is 6.03 Å². The van der Waals surface area contributed by atoms with Gasteiger partial charge in [0.25, 0.3) is 0 Å². The first kappa shape index (κ1) is 17.4. The molecule has 7 heteroatoms. The van der Waals surface area contributed by atoms with E-state index in [2.05, 4.69) is 41.5 Å². The van der Waals surface area contributed by atoms with Gasteiger partial charge < -0.3 is 20.3 Å². The number of nitrogens with one attached hydrogen (secondary N) is 2. The van der Waals surface area contributed by atoms with Crippen LogP contribution in [0.15, 0.2) is 4.52 Å². The third kappa shape index (κ3) is 6.12. The highest BCUT2D eigenvalue weighted by Gasteiger charge is 2.22. The van der Waals surface area contributed by atoms with Gasteiger partial charge in [0.05, 0.1) is 18.7 Å². The number of rotatable bonds is 6. The Morgan fingerprint density at radius 3 is 2.48 bits per heavy atom. The monoisotopic (exact) mass is 298 g/mol. The summed E-state index contributed by atoms with van der Waals surface area (Å²) in [5, 5.41) is 18.8. The summed E-state index contributed by atoms with van der Waals surface area (Å²) in [6.07, 6.45) is 1.34. The molecule has 0 aliphatic rings. The van der Waals surface area contributed by atoms with E-state index in [1.807, 2.05) is 6.92 Å². The highest BCUT2D eigenvalue weighted by molar-refractivity contribution is 5.74. The minimum Gasteiger partial charge on any atom is -0.394 e. The lowest BCUT2D eigenvalue weighted by molar-refractivity contribution is 0.189. The fourth-order valence-corrected chi connectivity index (χ4v) is 2.09. The molecule has 1 heterocycles. The molecule has 2 unspecified atom stereocenters. The minimum atomic E-state index is -0.340. The molecule has 2 atom stereocenters. The number of aliphatic hydroxyl groups excluding tert-OH is 1. The first-order valence-electron chi connectivity index (χ1n) is 7.23. The van der Waals surface area contributed by atoms with Crippen molar-refractivity contribution in [3.05, 3.63) is 11.7 Å². The van der Waals surface area contributed by atoms with Crippen LogP contribution in [0, 0.1) is 12.3 Å². The second kappa shape index (κ2) is 7.40. The van der Waals surface area contributed by atoms with Gasteiger partial charge in [-0.2, -0.15) is 4.98 Å². The van der Waals surface area contributed by atoms with E-state index in [9.17, 15) is 9.90 Å². The summed E-state index contributed by atoms with van der Waals surface area (Å²) >= 11 is 0. The third-order valence-electron chi connectivity index (χ3n) is 2.98. The number of aromatic nitrogens is 2. The van der Waals surface area contributed by atoms with Gasteiger partial charge in [-0.1, -0.05) is 32.9 Å². The van der Waals surface area contributed by atoms with E-state index in [-0.39, 0.29) is 30.1 Å². The molecule has 1 aromatic heterocycles. The van der Waals surface area contributed by atoms with E-state index in [0.29, 0.717) is 24.6 Å². The van der Waals surface area contributed by atoms with Crippen LogP contribution < -0.4 is 10.6 Å². The molecule has 0 spiro atoms. The Kier molecular flexibility index (Phi) is 6.14. The Morgan fingerprint density at radius 2 is 2.05 bits per heavy atom. The van der Waals surface area contributed by atoms with Crippen molar-refractivity contribution in [3.8, 4) is 0 Å². The molecule has 0 bridgehead atoms. The predicted octanol–water partition coefficient (Wildman–Crippen LogP) is 1.93. The summed E-state index contributed by atoms with van der Waals surface area (Å²) in [5.41, 5.74) is 0.0234. The lowest BCUT2D eigenvalue weighted by Gasteiger charge is -2.26. The molecule has 0 aliphatic heterocycles. The molecule has 7 nitrogen and oxygen atoms in total. The maximum atomic E-state index is 12.0.